The van der Waals surface area contributed by atoms with Gasteiger partial charge in [0.15, 0.2) is 0 Å². The quantitative estimate of drug-likeness (QED) is 0.673. The van der Waals surface area contributed by atoms with E-state index >= 15 is 0 Å². The molecule has 0 heterocycles. The maximum absolute atomic E-state index is 12.0. The molecule has 23 heavy (non-hydrogen) atoms. The minimum Gasteiger partial charge on any atom is -0.497 e. The predicted molar refractivity (Wildman–Crippen MR) is 90.7 cm³/mol. The summed E-state index contributed by atoms with van der Waals surface area (Å²) >= 11 is 5.80. The summed E-state index contributed by atoms with van der Waals surface area (Å²) in [5, 5.41) is 4.69. The number of ether oxygens (including phenoxy) is 2. The Morgan fingerprint density at radius 3 is 2.39 bits per heavy atom. The third-order valence-electron chi connectivity index (χ3n) is 3.23. The maximum Gasteiger partial charge on any atom is 0.271 e. The van der Waals surface area contributed by atoms with Crippen LogP contribution < -0.4 is 14.9 Å². The van der Waals surface area contributed by atoms with E-state index in [1.807, 2.05) is 6.07 Å². The number of hydrogen-bond acceptors (Lipinski definition) is 4. The highest BCUT2D eigenvalue weighted by molar-refractivity contribution is 6.30. The van der Waals surface area contributed by atoms with Crippen LogP contribution in [0.2, 0.25) is 5.02 Å². The van der Waals surface area contributed by atoms with Crippen molar-refractivity contribution in [1.82, 2.24) is 5.43 Å². The van der Waals surface area contributed by atoms with E-state index in [1.54, 1.807) is 57.5 Å². The molecule has 5 nitrogen and oxygen atoms in total. The molecule has 0 spiro atoms. The zero-order valence-electron chi connectivity index (χ0n) is 13.1. The molecular formula is C17H17ClN2O3. The molecule has 0 radical (unpaired) electrons. The van der Waals surface area contributed by atoms with Crippen molar-refractivity contribution in [3.8, 4) is 11.5 Å². The van der Waals surface area contributed by atoms with Crippen LogP contribution >= 0.6 is 11.6 Å². The summed E-state index contributed by atoms with van der Waals surface area (Å²) in [4.78, 5) is 12.0. The van der Waals surface area contributed by atoms with Crippen LogP contribution in [0.1, 0.15) is 22.8 Å². The summed E-state index contributed by atoms with van der Waals surface area (Å²) < 4.78 is 10.5. The van der Waals surface area contributed by atoms with Crippen LogP contribution in [0.4, 0.5) is 0 Å². The van der Waals surface area contributed by atoms with Gasteiger partial charge in [0.2, 0.25) is 0 Å². The van der Waals surface area contributed by atoms with Crippen LogP contribution in [0.15, 0.2) is 47.6 Å². The van der Waals surface area contributed by atoms with Gasteiger partial charge in [-0.05, 0) is 43.3 Å². The second-order valence-electron chi connectivity index (χ2n) is 4.71. The molecule has 0 fully saturated rings. The standard InChI is InChI=1S/C17H17ClN2O3/c1-11(15-9-8-14(22-2)10-16(15)23-3)19-20-17(21)12-4-6-13(18)7-5-12/h4-10H,1-3H3,(H,20,21). The highest BCUT2D eigenvalue weighted by Crippen LogP contribution is 2.25. The van der Waals surface area contributed by atoms with Gasteiger partial charge in [0.25, 0.3) is 5.91 Å². The number of nitrogens with zero attached hydrogens (tertiary/aromatic N) is 1. The van der Waals surface area contributed by atoms with Crippen LogP contribution in [0.5, 0.6) is 11.5 Å². The van der Waals surface area contributed by atoms with E-state index in [1.165, 1.54) is 0 Å². The van der Waals surface area contributed by atoms with Crippen LogP contribution in [-0.2, 0) is 0 Å². The first-order chi connectivity index (χ1) is 11.0. The summed E-state index contributed by atoms with van der Waals surface area (Å²) in [5.41, 5.74) is 4.38. The van der Waals surface area contributed by atoms with Crippen molar-refractivity contribution in [2.75, 3.05) is 14.2 Å². The molecule has 2 rings (SSSR count). The number of hydrogen-bond donors (Lipinski definition) is 1. The van der Waals surface area contributed by atoms with Crippen LogP contribution in [0, 0.1) is 0 Å². The van der Waals surface area contributed by atoms with Gasteiger partial charge in [-0.25, -0.2) is 5.43 Å². The molecule has 0 aliphatic heterocycles. The lowest BCUT2D eigenvalue weighted by atomic mass is 10.1. The average Bonchev–Trinajstić information content (AvgIpc) is 2.59. The Morgan fingerprint density at radius 2 is 1.78 bits per heavy atom. The fraction of sp³-hybridized carbons (Fsp3) is 0.176. The molecule has 0 bridgehead atoms. The van der Waals surface area contributed by atoms with Crippen molar-refractivity contribution in [2.24, 2.45) is 5.10 Å². The topological polar surface area (TPSA) is 59.9 Å². The number of nitrogens with one attached hydrogen (secondary N) is 1. The van der Waals surface area contributed by atoms with E-state index < -0.39 is 0 Å². The van der Waals surface area contributed by atoms with Crippen LogP contribution in [0.3, 0.4) is 0 Å². The normalized spacial score (nSPS) is 11.0. The van der Waals surface area contributed by atoms with Crippen molar-refractivity contribution in [2.45, 2.75) is 6.92 Å². The molecule has 6 heteroatoms. The van der Waals surface area contributed by atoms with Gasteiger partial charge < -0.3 is 9.47 Å². The first-order valence-corrected chi connectivity index (χ1v) is 7.25. The van der Waals surface area contributed by atoms with E-state index in [9.17, 15) is 4.79 Å². The SMILES string of the molecule is COc1ccc(C(C)=NNC(=O)c2ccc(Cl)cc2)c(OC)c1. The van der Waals surface area contributed by atoms with Gasteiger partial charge in [-0.2, -0.15) is 5.10 Å². The lowest BCUT2D eigenvalue weighted by Gasteiger charge is -2.10. The zero-order valence-corrected chi connectivity index (χ0v) is 13.8. The maximum atomic E-state index is 12.0. The Hall–Kier alpha value is -2.53. The largest absolute Gasteiger partial charge is 0.497 e. The van der Waals surface area contributed by atoms with Crippen LogP contribution in [0.25, 0.3) is 0 Å². The monoisotopic (exact) mass is 332 g/mol. The Bertz CT molecular complexity index is 727. The molecule has 1 amide bonds. The fourth-order valence-electron chi connectivity index (χ4n) is 1.96. The number of hydrazone groups is 1. The first-order valence-electron chi connectivity index (χ1n) is 6.87. The molecule has 0 unspecified atom stereocenters. The van der Waals surface area contributed by atoms with Crippen LogP contribution in [-0.4, -0.2) is 25.8 Å². The summed E-state index contributed by atoms with van der Waals surface area (Å²) in [6.07, 6.45) is 0. The van der Waals surface area contributed by atoms with Crippen molar-refractivity contribution >= 4 is 23.2 Å². The van der Waals surface area contributed by atoms with Gasteiger partial charge in [0, 0.05) is 22.2 Å². The summed E-state index contributed by atoms with van der Waals surface area (Å²) in [5.74, 6) is 0.989. The number of rotatable bonds is 5. The summed E-state index contributed by atoms with van der Waals surface area (Å²) in [6.45, 7) is 1.78. The molecule has 0 saturated carbocycles. The molecule has 0 saturated heterocycles. The number of amides is 1. The van der Waals surface area contributed by atoms with Gasteiger partial charge in [0.05, 0.1) is 19.9 Å². The Kier molecular flexibility index (Phi) is 5.60. The lowest BCUT2D eigenvalue weighted by molar-refractivity contribution is 0.0955. The molecule has 2 aromatic rings. The number of methoxy groups -OCH3 is 2. The second kappa shape index (κ2) is 7.65. The van der Waals surface area contributed by atoms with E-state index in [2.05, 4.69) is 10.5 Å². The molecule has 2 aromatic carbocycles. The lowest BCUT2D eigenvalue weighted by Crippen LogP contribution is -2.19. The molecule has 0 aromatic heterocycles. The number of carbonyl (C=O) groups is 1. The van der Waals surface area contributed by atoms with Gasteiger partial charge in [-0.3, -0.25) is 4.79 Å². The second-order valence-corrected chi connectivity index (χ2v) is 5.15. The minimum atomic E-state index is -0.312. The van der Waals surface area contributed by atoms with Crippen molar-refractivity contribution in [1.29, 1.82) is 0 Å². The number of carbonyl (C=O) groups excluding carboxylic acids is 1. The number of halogens is 1. The minimum absolute atomic E-state index is 0.312. The van der Waals surface area contributed by atoms with Crippen molar-refractivity contribution < 1.29 is 14.3 Å². The Morgan fingerprint density at radius 1 is 1.09 bits per heavy atom. The van der Waals surface area contributed by atoms with E-state index in [-0.39, 0.29) is 5.91 Å². The molecule has 120 valence electrons. The molecule has 0 atom stereocenters. The smallest absolute Gasteiger partial charge is 0.271 e. The zero-order chi connectivity index (χ0) is 16.8. The van der Waals surface area contributed by atoms with E-state index in [0.29, 0.717) is 27.8 Å². The predicted octanol–water partition coefficient (Wildman–Crippen LogP) is 3.51. The van der Waals surface area contributed by atoms with Gasteiger partial charge in [-0.15, -0.1) is 0 Å². The highest BCUT2D eigenvalue weighted by atomic mass is 35.5. The van der Waals surface area contributed by atoms with Gasteiger partial charge >= 0.3 is 0 Å². The first kappa shape index (κ1) is 16.8. The van der Waals surface area contributed by atoms with Gasteiger partial charge in [0.1, 0.15) is 11.5 Å². The van der Waals surface area contributed by atoms with Crippen molar-refractivity contribution in [3.63, 3.8) is 0 Å². The average molecular weight is 333 g/mol. The highest BCUT2D eigenvalue weighted by Gasteiger charge is 2.09. The third kappa shape index (κ3) is 4.23. The fourth-order valence-corrected chi connectivity index (χ4v) is 2.08. The van der Waals surface area contributed by atoms with E-state index in [0.717, 1.165) is 5.56 Å². The third-order valence-corrected chi connectivity index (χ3v) is 3.48. The Labute approximate surface area is 139 Å². The summed E-state index contributed by atoms with van der Waals surface area (Å²) in [6, 6.07) is 12.0. The molecule has 1 N–H and O–H groups in total. The molecule has 0 aliphatic rings. The summed E-state index contributed by atoms with van der Waals surface area (Å²) in [7, 11) is 3.15. The van der Waals surface area contributed by atoms with Crippen molar-refractivity contribution in [3.05, 3.63) is 58.6 Å². The number of benzene rings is 2. The molecule has 0 aliphatic carbocycles. The van der Waals surface area contributed by atoms with Gasteiger partial charge in [-0.1, -0.05) is 11.6 Å². The van der Waals surface area contributed by atoms with E-state index in [4.69, 9.17) is 21.1 Å². The Balaban J connectivity index is 2.16. The molecular weight excluding hydrogens is 316 g/mol.